The summed E-state index contributed by atoms with van der Waals surface area (Å²) in [6.45, 7) is 10.1. The minimum absolute atomic E-state index is 0.249. The fourth-order valence-electron chi connectivity index (χ4n) is 2.19. The summed E-state index contributed by atoms with van der Waals surface area (Å²) in [6.07, 6.45) is 7.24. The maximum atomic E-state index is 10.2. The first kappa shape index (κ1) is 17.8. The minimum Gasteiger partial charge on any atom is -0.367 e. The smallest absolute Gasteiger partial charge is 0.367 e. The van der Waals surface area contributed by atoms with Crippen molar-refractivity contribution in [3.63, 3.8) is 0 Å². The van der Waals surface area contributed by atoms with Gasteiger partial charge in [0, 0.05) is 19.8 Å². The van der Waals surface area contributed by atoms with Crippen molar-refractivity contribution in [2.45, 2.75) is 39.0 Å². The van der Waals surface area contributed by atoms with Crippen molar-refractivity contribution in [2.24, 2.45) is 0 Å². The molecule has 118 valence electrons. The maximum Gasteiger partial charge on any atom is 0.677 e. The number of likely N-dealkylation sites (tertiary alicyclic amines) is 1. The third-order valence-electron chi connectivity index (χ3n) is 3.22. The second-order valence-corrected chi connectivity index (χ2v) is 6.99. The Morgan fingerprint density at radius 3 is 2.50 bits per heavy atom. The van der Waals surface area contributed by atoms with Gasteiger partial charge in [-0.15, -0.1) is 6.58 Å². The molecule has 6 heteroatoms. The fraction of sp³-hybridized carbons (Fsp3) is 0.857. The second-order valence-electron chi connectivity index (χ2n) is 5.08. The van der Waals surface area contributed by atoms with Gasteiger partial charge in [-0.3, -0.25) is 0 Å². The number of hydrogen-bond acceptors (Lipinski definition) is 5. The Labute approximate surface area is 124 Å². The lowest BCUT2D eigenvalue weighted by Crippen LogP contribution is -2.47. The first-order valence-electron chi connectivity index (χ1n) is 7.67. The molecular weight excluding hydrogens is 274 g/mol. The average Bonchev–Trinajstić information content (AvgIpc) is 2.49. The third-order valence-corrected chi connectivity index (χ3v) is 4.89. The van der Waals surface area contributed by atoms with Crippen LogP contribution in [0.15, 0.2) is 12.7 Å². The molecule has 1 aliphatic rings. The topological polar surface area (TPSA) is 51.2 Å². The molecule has 0 bridgehead atoms. The average molecular weight is 303 g/mol. The van der Waals surface area contributed by atoms with Crippen LogP contribution >= 0.6 is 0 Å². The normalized spacial score (nSPS) is 19.7. The lowest BCUT2D eigenvalue weighted by atomic mass is 10.1. The van der Waals surface area contributed by atoms with E-state index in [9.17, 15) is 4.80 Å². The van der Waals surface area contributed by atoms with Crippen LogP contribution in [0, 0.1) is 0 Å². The third kappa shape index (κ3) is 7.52. The summed E-state index contributed by atoms with van der Waals surface area (Å²) in [5.74, 6) is 0. The van der Waals surface area contributed by atoms with E-state index >= 15 is 0 Å². The molecule has 0 aromatic carbocycles. The minimum atomic E-state index is -3.47. The molecule has 1 fully saturated rings. The molecule has 1 aliphatic heterocycles. The van der Waals surface area contributed by atoms with Crippen LogP contribution < -0.4 is 0 Å². The highest BCUT2D eigenvalue weighted by Gasteiger charge is 2.40. The van der Waals surface area contributed by atoms with E-state index in [1.807, 2.05) is 6.92 Å². The molecule has 20 heavy (non-hydrogen) atoms. The van der Waals surface area contributed by atoms with E-state index in [1.54, 1.807) is 6.08 Å². The van der Waals surface area contributed by atoms with Crippen LogP contribution in [-0.4, -0.2) is 58.2 Å². The summed E-state index contributed by atoms with van der Waals surface area (Å²) in [7, 11) is -3.47. The Hall–Kier alpha value is -0.243. The highest BCUT2D eigenvalue weighted by molar-refractivity contribution is 6.51. The quantitative estimate of drug-likeness (QED) is 0.359. The zero-order chi connectivity index (χ0) is 14.7. The van der Waals surface area contributed by atoms with Gasteiger partial charge in [0.15, 0.2) is 0 Å². The van der Waals surface area contributed by atoms with Crippen LogP contribution in [0.25, 0.3) is 0 Å². The van der Waals surface area contributed by atoms with Crippen LogP contribution in [0.3, 0.4) is 0 Å². The van der Waals surface area contributed by atoms with Gasteiger partial charge in [0.1, 0.15) is 0 Å². The van der Waals surface area contributed by atoms with E-state index in [0.29, 0.717) is 13.2 Å². The summed E-state index contributed by atoms with van der Waals surface area (Å²) >= 11 is 0. The van der Waals surface area contributed by atoms with E-state index in [-0.39, 0.29) is 6.61 Å². The highest BCUT2D eigenvalue weighted by atomic mass is 28.4. The standard InChI is InChI=1S/C14H29NO4Si/c1-3-12-17-20(16,18-13-4-2)19-14-8-11-15-9-6-5-7-10-15/h3,16H,1,4-14H2,2H3. The number of nitrogens with zero attached hydrogens (tertiary/aromatic N) is 1. The van der Waals surface area contributed by atoms with Crippen molar-refractivity contribution in [1.82, 2.24) is 4.90 Å². The predicted molar refractivity (Wildman–Crippen MR) is 81.2 cm³/mol. The van der Waals surface area contributed by atoms with Crippen LogP contribution in [0.4, 0.5) is 0 Å². The van der Waals surface area contributed by atoms with Gasteiger partial charge >= 0.3 is 9.05 Å². The van der Waals surface area contributed by atoms with Gasteiger partial charge in [0.2, 0.25) is 0 Å². The van der Waals surface area contributed by atoms with Crippen LogP contribution in [0.5, 0.6) is 0 Å². The monoisotopic (exact) mass is 303 g/mol. The van der Waals surface area contributed by atoms with E-state index in [2.05, 4.69) is 11.5 Å². The summed E-state index contributed by atoms with van der Waals surface area (Å²) in [5.41, 5.74) is 0. The molecule has 1 rings (SSSR count). The fourth-order valence-corrected chi connectivity index (χ4v) is 3.64. The summed E-state index contributed by atoms with van der Waals surface area (Å²) in [5, 5.41) is 0. The summed E-state index contributed by atoms with van der Waals surface area (Å²) < 4.78 is 16.2. The Kier molecular flexibility index (Phi) is 9.33. The van der Waals surface area contributed by atoms with Crippen molar-refractivity contribution < 1.29 is 18.1 Å². The van der Waals surface area contributed by atoms with Gasteiger partial charge in [-0.25, -0.2) is 0 Å². The largest absolute Gasteiger partial charge is 0.677 e. The first-order valence-corrected chi connectivity index (χ1v) is 9.35. The molecule has 0 aromatic heterocycles. The van der Waals surface area contributed by atoms with Gasteiger partial charge in [0.25, 0.3) is 0 Å². The maximum absolute atomic E-state index is 10.2. The number of rotatable bonds is 11. The molecule has 0 aliphatic carbocycles. The molecular formula is C14H29NO4Si. The van der Waals surface area contributed by atoms with Crippen molar-refractivity contribution in [2.75, 3.05) is 39.5 Å². The second kappa shape index (κ2) is 10.5. The predicted octanol–water partition coefficient (Wildman–Crippen LogP) is 1.94. The van der Waals surface area contributed by atoms with E-state index < -0.39 is 9.05 Å². The Morgan fingerprint density at radius 2 is 1.85 bits per heavy atom. The molecule has 0 spiro atoms. The van der Waals surface area contributed by atoms with Gasteiger partial charge in [-0.1, -0.05) is 19.4 Å². The molecule has 1 atom stereocenters. The van der Waals surface area contributed by atoms with E-state index in [4.69, 9.17) is 13.3 Å². The van der Waals surface area contributed by atoms with Gasteiger partial charge in [-0.2, -0.15) is 0 Å². The van der Waals surface area contributed by atoms with Crippen LogP contribution in [0.1, 0.15) is 39.0 Å². The Morgan fingerprint density at radius 1 is 1.15 bits per heavy atom. The van der Waals surface area contributed by atoms with Crippen LogP contribution in [0.2, 0.25) is 0 Å². The van der Waals surface area contributed by atoms with E-state index in [1.165, 1.54) is 32.4 Å². The first-order chi connectivity index (χ1) is 9.70. The molecule has 0 saturated carbocycles. The van der Waals surface area contributed by atoms with Gasteiger partial charge in [0.05, 0.1) is 6.61 Å². The van der Waals surface area contributed by atoms with Gasteiger partial charge < -0.3 is 23.0 Å². The summed E-state index contributed by atoms with van der Waals surface area (Å²) in [6, 6.07) is 0. The molecule has 1 saturated heterocycles. The Balaban J connectivity index is 2.20. The Bertz CT molecular complexity index is 262. The zero-order valence-corrected chi connectivity index (χ0v) is 13.7. The van der Waals surface area contributed by atoms with Crippen LogP contribution in [-0.2, 0) is 13.3 Å². The van der Waals surface area contributed by atoms with Crippen molar-refractivity contribution >= 4 is 9.05 Å². The SMILES string of the molecule is C=CCO[Si](O)(OCCC)OCCCN1CCCCC1. The van der Waals surface area contributed by atoms with Crippen molar-refractivity contribution in [1.29, 1.82) is 0 Å². The summed E-state index contributed by atoms with van der Waals surface area (Å²) in [4.78, 5) is 12.7. The molecule has 1 heterocycles. The lowest BCUT2D eigenvalue weighted by molar-refractivity contribution is -0.00323. The molecule has 5 nitrogen and oxygen atoms in total. The molecule has 0 radical (unpaired) electrons. The molecule has 1 unspecified atom stereocenters. The van der Waals surface area contributed by atoms with E-state index in [0.717, 1.165) is 19.4 Å². The highest BCUT2D eigenvalue weighted by Crippen LogP contribution is 2.10. The zero-order valence-electron chi connectivity index (χ0n) is 12.7. The number of hydrogen-bond donors (Lipinski definition) is 1. The van der Waals surface area contributed by atoms with Gasteiger partial charge in [-0.05, 0) is 38.8 Å². The van der Waals surface area contributed by atoms with Crippen molar-refractivity contribution in [3.8, 4) is 0 Å². The molecule has 1 N–H and O–H groups in total. The van der Waals surface area contributed by atoms with Crippen molar-refractivity contribution in [3.05, 3.63) is 12.7 Å². The lowest BCUT2D eigenvalue weighted by Gasteiger charge is -2.27. The number of piperidine rings is 1. The molecule has 0 aromatic rings. The molecule has 0 amide bonds.